The highest BCUT2D eigenvalue weighted by molar-refractivity contribution is 5.79. The largest absolute Gasteiger partial charge is 0.496 e. The van der Waals surface area contributed by atoms with Gasteiger partial charge in [-0.05, 0) is 30.5 Å². The highest BCUT2D eigenvalue weighted by Gasteiger charge is 2.23. The van der Waals surface area contributed by atoms with Crippen LogP contribution < -0.4 is 10.1 Å². The van der Waals surface area contributed by atoms with E-state index in [1.54, 1.807) is 7.11 Å². The molecule has 0 saturated carbocycles. The molecule has 1 atom stereocenters. The van der Waals surface area contributed by atoms with E-state index >= 15 is 0 Å². The van der Waals surface area contributed by atoms with Crippen LogP contribution in [0.25, 0.3) is 0 Å². The van der Waals surface area contributed by atoms with Crippen LogP contribution in [0.5, 0.6) is 5.75 Å². The molecule has 1 N–H and O–H groups in total. The molecular weight excluding hydrogens is 202 g/mol. The molecule has 16 heavy (non-hydrogen) atoms. The number of hydrogen-bond acceptors (Lipinski definition) is 2. The number of benzene rings is 1. The fourth-order valence-corrected chi connectivity index (χ4v) is 2.38. The minimum absolute atomic E-state index is 0.149. The number of carbonyl (C=O) groups excluding carboxylic acids is 1. The van der Waals surface area contributed by atoms with Crippen molar-refractivity contribution in [1.29, 1.82) is 0 Å². The average molecular weight is 219 g/mol. The van der Waals surface area contributed by atoms with Crippen molar-refractivity contribution >= 4 is 5.91 Å². The summed E-state index contributed by atoms with van der Waals surface area (Å²) in [6, 6.07) is 4.24. The second-order valence-corrected chi connectivity index (χ2v) is 4.39. The molecular formula is C13H17NO2. The van der Waals surface area contributed by atoms with E-state index in [4.69, 9.17) is 4.74 Å². The summed E-state index contributed by atoms with van der Waals surface area (Å²) in [4.78, 5) is 11.2. The van der Waals surface area contributed by atoms with Crippen molar-refractivity contribution in [2.24, 2.45) is 0 Å². The van der Waals surface area contributed by atoms with Gasteiger partial charge in [-0.25, -0.2) is 0 Å². The van der Waals surface area contributed by atoms with Crippen molar-refractivity contribution < 1.29 is 9.53 Å². The van der Waals surface area contributed by atoms with Gasteiger partial charge in [-0.15, -0.1) is 0 Å². The average Bonchev–Trinajstić information content (AvgIpc) is 2.64. The predicted molar refractivity (Wildman–Crippen MR) is 62.8 cm³/mol. The summed E-state index contributed by atoms with van der Waals surface area (Å²) in [5.74, 6) is 1.41. The van der Waals surface area contributed by atoms with Crippen LogP contribution in [0.15, 0.2) is 12.1 Å². The normalized spacial score (nSPS) is 19.7. The van der Waals surface area contributed by atoms with E-state index in [0.717, 1.165) is 23.4 Å². The van der Waals surface area contributed by atoms with Crippen molar-refractivity contribution in [3.63, 3.8) is 0 Å². The number of amides is 1. The number of aryl methyl sites for hydroxylation is 2. The van der Waals surface area contributed by atoms with Crippen LogP contribution in [0.3, 0.4) is 0 Å². The monoisotopic (exact) mass is 219 g/mol. The summed E-state index contributed by atoms with van der Waals surface area (Å²) in [5.41, 5.74) is 3.50. The van der Waals surface area contributed by atoms with E-state index < -0.39 is 0 Å². The van der Waals surface area contributed by atoms with Gasteiger partial charge in [0.1, 0.15) is 5.75 Å². The fourth-order valence-electron chi connectivity index (χ4n) is 2.38. The minimum Gasteiger partial charge on any atom is -0.496 e. The molecule has 1 aromatic rings. The molecule has 0 bridgehead atoms. The molecule has 1 fully saturated rings. The van der Waals surface area contributed by atoms with Crippen molar-refractivity contribution in [2.75, 3.05) is 13.7 Å². The molecule has 1 amide bonds. The second-order valence-electron chi connectivity index (χ2n) is 4.39. The zero-order valence-corrected chi connectivity index (χ0v) is 9.96. The Labute approximate surface area is 95.8 Å². The Morgan fingerprint density at radius 1 is 1.31 bits per heavy atom. The molecule has 2 rings (SSSR count). The molecule has 1 unspecified atom stereocenters. The first-order valence-corrected chi connectivity index (χ1v) is 5.53. The van der Waals surface area contributed by atoms with Gasteiger partial charge in [0, 0.05) is 18.9 Å². The van der Waals surface area contributed by atoms with E-state index in [1.807, 2.05) is 13.8 Å². The van der Waals surface area contributed by atoms with Gasteiger partial charge in [0.2, 0.25) is 5.91 Å². The van der Waals surface area contributed by atoms with Gasteiger partial charge in [0.05, 0.1) is 7.11 Å². The number of nitrogens with one attached hydrogen (secondary N) is 1. The van der Waals surface area contributed by atoms with E-state index in [0.29, 0.717) is 12.3 Å². The maximum Gasteiger partial charge on any atom is 0.220 e. The maximum atomic E-state index is 11.2. The number of hydrogen-bond donors (Lipinski definition) is 1. The minimum atomic E-state index is 0.149. The molecule has 1 aromatic carbocycles. The molecule has 1 aliphatic heterocycles. The summed E-state index contributed by atoms with van der Waals surface area (Å²) in [7, 11) is 1.69. The van der Waals surface area contributed by atoms with Crippen molar-refractivity contribution in [2.45, 2.75) is 26.2 Å². The van der Waals surface area contributed by atoms with Crippen LogP contribution in [0, 0.1) is 13.8 Å². The third kappa shape index (κ3) is 1.90. The summed E-state index contributed by atoms with van der Waals surface area (Å²) in [5, 5.41) is 2.87. The van der Waals surface area contributed by atoms with Crippen molar-refractivity contribution in [1.82, 2.24) is 5.32 Å². The van der Waals surface area contributed by atoms with Gasteiger partial charge < -0.3 is 10.1 Å². The summed E-state index contributed by atoms with van der Waals surface area (Å²) in [6.07, 6.45) is 0.602. The van der Waals surface area contributed by atoms with Crippen molar-refractivity contribution in [3.8, 4) is 5.75 Å². The summed E-state index contributed by atoms with van der Waals surface area (Å²) >= 11 is 0. The molecule has 1 aliphatic rings. The van der Waals surface area contributed by atoms with E-state index in [-0.39, 0.29) is 5.91 Å². The lowest BCUT2D eigenvalue weighted by Crippen LogP contribution is -2.13. The van der Waals surface area contributed by atoms with Gasteiger partial charge >= 0.3 is 0 Å². The van der Waals surface area contributed by atoms with Crippen LogP contribution >= 0.6 is 0 Å². The van der Waals surface area contributed by atoms with Crippen LogP contribution in [-0.4, -0.2) is 19.6 Å². The molecule has 1 heterocycles. The van der Waals surface area contributed by atoms with Crippen LogP contribution in [-0.2, 0) is 4.79 Å². The fraction of sp³-hybridized carbons (Fsp3) is 0.462. The predicted octanol–water partition coefficient (Wildman–Crippen LogP) is 1.92. The Kier molecular flexibility index (Phi) is 2.86. The number of carbonyl (C=O) groups is 1. The first-order valence-electron chi connectivity index (χ1n) is 5.53. The standard InChI is InChI=1S/C13H17NO2/c1-8-4-10(5-9(2)13(8)16-3)11-6-12(15)14-7-11/h4-5,11H,6-7H2,1-3H3,(H,14,15). The van der Waals surface area contributed by atoms with Crippen molar-refractivity contribution in [3.05, 3.63) is 28.8 Å². The van der Waals surface area contributed by atoms with E-state index in [9.17, 15) is 4.79 Å². The highest BCUT2D eigenvalue weighted by Crippen LogP contribution is 2.30. The smallest absolute Gasteiger partial charge is 0.220 e. The Hall–Kier alpha value is -1.51. The molecule has 1 saturated heterocycles. The number of rotatable bonds is 2. The quantitative estimate of drug-likeness (QED) is 0.825. The van der Waals surface area contributed by atoms with Gasteiger partial charge in [-0.3, -0.25) is 4.79 Å². The molecule has 3 nitrogen and oxygen atoms in total. The lowest BCUT2D eigenvalue weighted by Gasteiger charge is -2.14. The third-order valence-corrected chi connectivity index (χ3v) is 3.14. The summed E-state index contributed by atoms with van der Waals surface area (Å²) < 4.78 is 5.33. The topological polar surface area (TPSA) is 38.3 Å². The Morgan fingerprint density at radius 3 is 2.38 bits per heavy atom. The Bertz CT molecular complexity index is 403. The first kappa shape index (κ1) is 11.0. The van der Waals surface area contributed by atoms with Crippen LogP contribution in [0.1, 0.15) is 29.0 Å². The second kappa shape index (κ2) is 4.16. The zero-order chi connectivity index (χ0) is 11.7. The van der Waals surface area contributed by atoms with Gasteiger partial charge in [0.25, 0.3) is 0 Å². The zero-order valence-electron chi connectivity index (χ0n) is 9.96. The Balaban J connectivity index is 2.33. The molecule has 3 heteroatoms. The lowest BCUT2D eigenvalue weighted by molar-refractivity contribution is -0.119. The summed E-state index contributed by atoms with van der Waals surface area (Å²) in [6.45, 7) is 4.84. The molecule has 0 aliphatic carbocycles. The number of methoxy groups -OCH3 is 1. The van der Waals surface area contributed by atoms with Crippen LogP contribution in [0.4, 0.5) is 0 Å². The molecule has 0 radical (unpaired) electrons. The molecule has 0 aromatic heterocycles. The van der Waals surface area contributed by atoms with E-state index in [1.165, 1.54) is 5.56 Å². The van der Waals surface area contributed by atoms with Crippen LogP contribution in [0.2, 0.25) is 0 Å². The highest BCUT2D eigenvalue weighted by atomic mass is 16.5. The lowest BCUT2D eigenvalue weighted by atomic mass is 9.94. The third-order valence-electron chi connectivity index (χ3n) is 3.14. The van der Waals surface area contributed by atoms with Gasteiger partial charge in [-0.1, -0.05) is 12.1 Å². The molecule has 86 valence electrons. The number of ether oxygens (including phenoxy) is 1. The van der Waals surface area contributed by atoms with Gasteiger partial charge in [-0.2, -0.15) is 0 Å². The van der Waals surface area contributed by atoms with E-state index in [2.05, 4.69) is 17.4 Å². The SMILES string of the molecule is COc1c(C)cc(C2CNC(=O)C2)cc1C. The first-order chi connectivity index (χ1) is 7.61. The van der Waals surface area contributed by atoms with Gasteiger partial charge in [0.15, 0.2) is 0 Å². The molecule has 0 spiro atoms. The maximum absolute atomic E-state index is 11.2. The Morgan fingerprint density at radius 2 is 1.94 bits per heavy atom.